The van der Waals surface area contributed by atoms with Crippen LogP contribution >= 0.6 is 0 Å². The van der Waals surface area contributed by atoms with Crippen LogP contribution in [0.25, 0.3) is 0 Å². The molecule has 0 saturated carbocycles. The van der Waals surface area contributed by atoms with E-state index >= 15 is 0 Å². The molecule has 20 heavy (non-hydrogen) atoms. The predicted octanol–water partition coefficient (Wildman–Crippen LogP) is 0.550. The molecule has 3 heterocycles. The third kappa shape index (κ3) is 2.43. The molecule has 5 nitrogen and oxygen atoms in total. The minimum atomic E-state index is -0.154. The van der Waals surface area contributed by atoms with Crippen LogP contribution in [0.4, 0.5) is 0 Å². The summed E-state index contributed by atoms with van der Waals surface area (Å²) in [5.41, 5.74) is 0. The van der Waals surface area contributed by atoms with Gasteiger partial charge in [0.25, 0.3) is 0 Å². The van der Waals surface area contributed by atoms with Crippen LogP contribution in [0.3, 0.4) is 0 Å². The number of rotatable bonds is 3. The summed E-state index contributed by atoms with van der Waals surface area (Å²) in [7, 11) is 0. The first-order valence-corrected chi connectivity index (χ1v) is 7.88. The SMILES string of the molecule is CC(C)N1CCC(CN2CC(=O)N3CCCC3C2=O)C1. The van der Waals surface area contributed by atoms with Crippen molar-refractivity contribution in [3.63, 3.8) is 0 Å². The summed E-state index contributed by atoms with van der Waals surface area (Å²) in [6, 6.07) is 0.419. The molecule has 3 fully saturated rings. The second kappa shape index (κ2) is 5.35. The zero-order valence-electron chi connectivity index (χ0n) is 12.5. The van der Waals surface area contributed by atoms with Crippen molar-refractivity contribution in [3.05, 3.63) is 0 Å². The third-order valence-electron chi connectivity index (χ3n) is 5.02. The van der Waals surface area contributed by atoms with Crippen molar-refractivity contribution in [3.8, 4) is 0 Å². The van der Waals surface area contributed by atoms with Crippen LogP contribution in [0, 0.1) is 5.92 Å². The smallest absolute Gasteiger partial charge is 0.245 e. The molecule has 5 heteroatoms. The van der Waals surface area contributed by atoms with Gasteiger partial charge in [0.05, 0.1) is 6.54 Å². The van der Waals surface area contributed by atoms with E-state index in [1.807, 2.05) is 4.90 Å². The lowest BCUT2D eigenvalue weighted by atomic mass is 10.1. The third-order valence-corrected chi connectivity index (χ3v) is 5.02. The summed E-state index contributed by atoms with van der Waals surface area (Å²) < 4.78 is 0. The quantitative estimate of drug-likeness (QED) is 0.758. The Morgan fingerprint density at radius 1 is 1.20 bits per heavy atom. The molecule has 0 N–H and O–H groups in total. The summed E-state index contributed by atoms with van der Waals surface area (Å²) in [5, 5.41) is 0. The molecule has 3 aliphatic rings. The van der Waals surface area contributed by atoms with Crippen molar-refractivity contribution in [2.45, 2.75) is 45.2 Å². The van der Waals surface area contributed by atoms with Gasteiger partial charge in [-0.1, -0.05) is 0 Å². The van der Waals surface area contributed by atoms with Gasteiger partial charge in [-0.3, -0.25) is 9.59 Å². The van der Waals surface area contributed by atoms with Crippen LogP contribution in [0.5, 0.6) is 0 Å². The minimum Gasteiger partial charge on any atom is -0.331 e. The maximum absolute atomic E-state index is 12.5. The molecule has 2 atom stereocenters. The molecule has 0 aliphatic carbocycles. The minimum absolute atomic E-state index is 0.144. The van der Waals surface area contributed by atoms with Gasteiger partial charge in [-0.25, -0.2) is 0 Å². The van der Waals surface area contributed by atoms with Crippen LogP contribution in [0.1, 0.15) is 33.1 Å². The molecule has 3 saturated heterocycles. The van der Waals surface area contributed by atoms with Gasteiger partial charge in [-0.05, 0) is 45.6 Å². The maximum Gasteiger partial charge on any atom is 0.245 e. The van der Waals surface area contributed by atoms with Gasteiger partial charge in [-0.15, -0.1) is 0 Å². The lowest BCUT2D eigenvalue weighted by Crippen LogP contribution is -2.58. The van der Waals surface area contributed by atoms with E-state index in [-0.39, 0.29) is 17.9 Å². The fraction of sp³-hybridized carbons (Fsp3) is 0.867. The molecule has 0 radical (unpaired) electrons. The van der Waals surface area contributed by atoms with E-state index in [2.05, 4.69) is 18.7 Å². The Morgan fingerprint density at radius 3 is 2.70 bits per heavy atom. The second-order valence-corrected chi connectivity index (χ2v) is 6.71. The summed E-state index contributed by atoms with van der Waals surface area (Å²) >= 11 is 0. The molecule has 0 aromatic carbocycles. The lowest BCUT2D eigenvalue weighted by molar-refractivity contribution is -0.154. The van der Waals surface area contributed by atoms with Gasteiger partial charge in [0.2, 0.25) is 11.8 Å². The van der Waals surface area contributed by atoms with E-state index < -0.39 is 0 Å². The molecule has 2 amide bonds. The van der Waals surface area contributed by atoms with Crippen molar-refractivity contribution in [1.82, 2.24) is 14.7 Å². The highest BCUT2D eigenvalue weighted by Gasteiger charge is 2.42. The number of carbonyl (C=O) groups excluding carboxylic acids is 2. The van der Waals surface area contributed by atoms with E-state index in [0.717, 1.165) is 45.4 Å². The first-order valence-electron chi connectivity index (χ1n) is 7.88. The van der Waals surface area contributed by atoms with Gasteiger partial charge in [0.15, 0.2) is 0 Å². The van der Waals surface area contributed by atoms with Crippen LogP contribution < -0.4 is 0 Å². The molecule has 0 aromatic rings. The Bertz CT molecular complexity index is 410. The van der Waals surface area contributed by atoms with E-state index in [4.69, 9.17) is 0 Å². The number of nitrogens with zero attached hydrogens (tertiary/aromatic N) is 3. The van der Waals surface area contributed by atoms with Crippen LogP contribution in [-0.4, -0.2) is 71.3 Å². The number of amides is 2. The van der Waals surface area contributed by atoms with Gasteiger partial charge < -0.3 is 14.7 Å². The molecular formula is C15H25N3O2. The molecule has 112 valence electrons. The highest BCUT2D eigenvalue weighted by atomic mass is 16.2. The Kier molecular flexibility index (Phi) is 3.71. The molecule has 0 bridgehead atoms. The van der Waals surface area contributed by atoms with Crippen LogP contribution in [-0.2, 0) is 9.59 Å². The molecule has 2 unspecified atom stereocenters. The van der Waals surface area contributed by atoms with Crippen molar-refractivity contribution in [2.24, 2.45) is 5.92 Å². The number of carbonyl (C=O) groups is 2. The van der Waals surface area contributed by atoms with Gasteiger partial charge >= 0.3 is 0 Å². The monoisotopic (exact) mass is 279 g/mol. The Balaban J connectivity index is 1.60. The first-order chi connectivity index (χ1) is 9.56. The zero-order chi connectivity index (χ0) is 14.3. The number of piperazine rings is 1. The van der Waals surface area contributed by atoms with E-state index in [0.29, 0.717) is 18.5 Å². The highest BCUT2D eigenvalue weighted by Crippen LogP contribution is 2.26. The number of fused-ring (bicyclic) bond motifs is 1. The Labute approximate surface area is 120 Å². The molecule has 0 spiro atoms. The van der Waals surface area contributed by atoms with Crippen molar-refractivity contribution < 1.29 is 9.59 Å². The fourth-order valence-electron chi connectivity index (χ4n) is 3.81. The Morgan fingerprint density at radius 2 is 2.00 bits per heavy atom. The predicted molar refractivity (Wildman–Crippen MR) is 76.1 cm³/mol. The zero-order valence-corrected chi connectivity index (χ0v) is 12.5. The van der Waals surface area contributed by atoms with E-state index in [1.54, 1.807) is 4.90 Å². The topological polar surface area (TPSA) is 43.9 Å². The van der Waals surface area contributed by atoms with E-state index in [1.165, 1.54) is 0 Å². The van der Waals surface area contributed by atoms with Crippen molar-refractivity contribution in [1.29, 1.82) is 0 Å². The standard InChI is InChI=1S/C15H25N3O2/c1-11(2)16-7-5-12(8-16)9-17-10-14(19)18-6-3-4-13(18)15(17)20/h11-13H,3-10H2,1-2H3. The van der Waals surface area contributed by atoms with E-state index in [9.17, 15) is 9.59 Å². The lowest BCUT2D eigenvalue weighted by Gasteiger charge is -2.37. The van der Waals surface area contributed by atoms with Gasteiger partial charge in [0.1, 0.15) is 6.04 Å². The summed E-state index contributed by atoms with van der Waals surface area (Å²) in [6.45, 7) is 8.44. The summed E-state index contributed by atoms with van der Waals surface area (Å²) in [5.74, 6) is 0.859. The van der Waals surface area contributed by atoms with Crippen molar-refractivity contribution in [2.75, 3.05) is 32.7 Å². The largest absolute Gasteiger partial charge is 0.331 e. The summed E-state index contributed by atoms with van der Waals surface area (Å²) in [6.07, 6.45) is 2.97. The molecule has 0 aromatic heterocycles. The average molecular weight is 279 g/mol. The Hall–Kier alpha value is -1.10. The van der Waals surface area contributed by atoms with Crippen LogP contribution in [0.2, 0.25) is 0 Å². The highest BCUT2D eigenvalue weighted by molar-refractivity contribution is 5.95. The number of hydrogen-bond acceptors (Lipinski definition) is 3. The number of hydrogen-bond donors (Lipinski definition) is 0. The second-order valence-electron chi connectivity index (χ2n) is 6.71. The summed E-state index contributed by atoms with van der Waals surface area (Å²) in [4.78, 5) is 30.6. The van der Waals surface area contributed by atoms with Gasteiger partial charge in [0, 0.05) is 25.7 Å². The van der Waals surface area contributed by atoms with Crippen molar-refractivity contribution >= 4 is 11.8 Å². The molecular weight excluding hydrogens is 254 g/mol. The fourth-order valence-corrected chi connectivity index (χ4v) is 3.81. The molecule has 3 aliphatic heterocycles. The van der Waals surface area contributed by atoms with Gasteiger partial charge in [-0.2, -0.15) is 0 Å². The first kappa shape index (κ1) is 13.9. The molecule has 3 rings (SSSR count). The normalized spacial score (nSPS) is 31.6. The van der Waals surface area contributed by atoms with Crippen LogP contribution in [0.15, 0.2) is 0 Å². The average Bonchev–Trinajstić information content (AvgIpc) is 3.04. The maximum atomic E-state index is 12.5. The number of likely N-dealkylation sites (tertiary alicyclic amines) is 1.